The topological polar surface area (TPSA) is 44.4 Å². The molecule has 0 aromatic heterocycles. The molecule has 1 amide bonds. The van der Waals surface area contributed by atoms with Gasteiger partial charge in [0.1, 0.15) is 4.99 Å². The molecule has 4 nitrogen and oxygen atoms in total. The van der Waals surface area contributed by atoms with Crippen LogP contribution in [0, 0.1) is 29.1 Å². The molecule has 2 N–H and O–H groups in total. The Balaban J connectivity index is 1.34. The standard InChI is InChI=1S/C27H39N3OS/c1-27-16-18-12-19(17-27)14-21(13-18)25(27)26(32)30(28-2)23-11-7-6-8-20(23)15-24(31)29-22-9-4-3-5-10-22/h6-8,11,18-19,21-22,25,28H,3-5,9-10,12-17H2,1-2H3,(H,29,31). The Morgan fingerprint density at radius 2 is 1.78 bits per heavy atom. The van der Waals surface area contributed by atoms with Gasteiger partial charge in [-0.15, -0.1) is 0 Å². The third-order valence-electron chi connectivity index (χ3n) is 8.93. The van der Waals surface area contributed by atoms with Crippen LogP contribution in [0.5, 0.6) is 0 Å². The highest BCUT2D eigenvalue weighted by Gasteiger charge is 2.56. The number of thiocarbonyl (C=S) groups is 1. The van der Waals surface area contributed by atoms with Crippen molar-refractivity contribution in [2.45, 2.75) is 83.6 Å². The van der Waals surface area contributed by atoms with Gasteiger partial charge < -0.3 is 5.32 Å². The van der Waals surface area contributed by atoms with Gasteiger partial charge in [-0.1, -0.05) is 56.6 Å². The van der Waals surface area contributed by atoms with Crippen LogP contribution in [0.15, 0.2) is 24.3 Å². The summed E-state index contributed by atoms with van der Waals surface area (Å²) in [6, 6.07) is 8.64. The zero-order valence-electron chi connectivity index (χ0n) is 19.7. The molecule has 5 aliphatic rings. The van der Waals surface area contributed by atoms with Crippen LogP contribution in [0.4, 0.5) is 5.69 Å². The molecule has 5 aliphatic carbocycles. The van der Waals surface area contributed by atoms with Crippen LogP contribution in [0.25, 0.3) is 0 Å². The number of hydrogen-bond donors (Lipinski definition) is 2. The van der Waals surface area contributed by atoms with E-state index < -0.39 is 0 Å². The van der Waals surface area contributed by atoms with E-state index in [1.807, 2.05) is 13.1 Å². The van der Waals surface area contributed by atoms with Crippen LogP contribution < -0.4 is 15.8 Å². The predicted octanol–water partition coefficient (Wildman–Crippen LogP) is 5.41. The van der Waals surface area contributed by atoms with Crippen LogP contribution >= 0.6 is 12.2 Å². The van der Waals surface area contributed by atoms with Crippen molar-refractivity contribution in [2.24, 2.45) is 29.1 Å². The summed E-state index contributed by atoms with van der Waals surface area (Å²) in [6.07, 6.45) is 13.2. The maximum absolute atomic E-state index is 12.9. The van der Waals surface area contributed by atoms with Gasteiger partial charge in [-0.25, -0.2) is 5.43 Å². The van der Waals surface area contributed by atoms with Gasteiger partial charge >= 0.3 is 0 Å². The molecule has 5 fully saturated rings. The fraction of sp³-hybridized carbons (Fsp3) is 0.704. The monoisotopic (exact) mass is 453 g/mol. The number of amides is 1. The lowest BCUT2D eigenvalue weighted by molar-refractivity contribution is -0.121. The molecule has 0 saturated heterocycles. The summed E-state index contributed by atoms with van der Waals surface area (Å²) >= 11 is 6.22. The van der Waals surface area contributed by atoms with Crippen LogP contribution in [-0.2, 0) is 11.2 Å². The van der Waals surface area contributed by atoms with Gasteiger partial charge in [-0.05, 0) is 79.7 Å². The second-order valence-electron chi connectivity index (χ2n) is 11.3. The molecule has 5 saturated carbocycles. The first-order valence-corrected chi connectivity index (χ1v) is 13.3. The van der Waals surface area contributed by atoms with Gasteiger partial charge in [0.2, 0.25) is 5.91 Å². The summed E-state index contributed by atoms with van der Waals surface area (Å²) < 4.78 is 0. The van der Waals surface area contributed by atoms with E-state index in [1.54, 1.807) is 0 Å². The van der Waals surface area contributed by atoms with E-state index >= 15 is 0 Å². The summed E-state index contributed by atoms with van der Waals surface area (Å²) in [5.74, 6) is 3.12. The van der Waals surface area contributed by atoms with Crippen molar-refractivity contribution in [3.63, 3.8) is 0 Å². The Morgan fingerprint density at radius 1 is 1.09 bits per heavy atom. The average molecular weight is 454 g/mol. The molecular weight excluding hydrogens is 414 g/mol. The minimum Gasteiger partial charge on any atom is -0.353 e. The third kappa shape index (κ3) is 4.23. The molecule has 1 aromatic carbocycles. The van der Waals surface area contributed by atoms with Gasteiger partial charge in [-0.3, -0.25) is 9.80 Å². The number of carbonyl (C=O) groups excluding carboxylic acids is 1. The van der Waals surface area contributed by atoms with Gasteiger partial charge in [-0.2, -0.15) is 0 Å². The summed E-state index contributed by atoms with van der Waals surface area (Å²) in [4.78, 5) is 13.9. The van der Waals surface area contributed by atoms with E-state index in [4.69, 9.17) is 12.2 Å². The lowest BCUT2D eigenvalue weighted by atomic mass is 9.45. The SMILES string of the molecule is CNN(C(=S)C1C2CC3CC(C2)CC1(C)C3)c1ccccc1CC(=O)NC1CCCCC1. The Bertz CT molecular complexity index is 850. The lowest BCUT2D eigenvalue weighted by Gasteiger charge is -2.60. The number of para-hydroxylation sites is 1. The van der Waals surface area contributed by atoms with E-state index in [9.17, 15) is 4.79 Å². The number of hydrazine groups is 1. The molecule has 0 radical (unpaired) electrons. The first kappa shape index (κ1) is 22.3. The molecule has 174 valence electrons. The average Bonchev–Trinajstić information content (AvgIpc) is 2.74. The van der Waals surface area contributed by atoms with Gasteiger partial charge in [0.15, 0.2) is 0 Å². The van der Waals surface area contributed by atoms with Crippen molar-refractivity contribution < 1.29 is 4.79 Å². The molecule has 0 spiro atoms. The molecule has 0 heterocycles. The van der Waals surface area contributed by atoms with Crippen molar-refractivity contribution in [1.29, 1.82) is 0 Å². The predicted molar refractivity (Wildman–Crippen MR) is 134 cm³/mol. The Kier molecular flexibility index (Phi) is 6.32. The maximum atomic E-state index is 12.9. The normalized spacial score (nSPS) is 33.8. The smallest absolute Gasteiger partial charge is 0.224 e. The van der Waals surface area contributed by atoms with Gasteiger partial charge in [0.05, 0.1) is 12.1 Å². The van der Waals surface area contributed by atoms with Crippen LogP contribution in [-0.4, -0.2) is 24.0 Å². The summed E-state index contributed by atoms with van der Waals surface area (Å²) in [5, 5.41) is 5.40. The summed E-state index contributed by atoms with van der Waals surface area (Å²) in [6.45, 7) is 2.49. The molecule has 5 heteroatoms. The number of anilines is 1. The zero-order valence-corrected chi connectivity index (χ0v) is 20.6. The highest BCUT2D eigenvalue weighted by atomic mass is 32.1. The quantitative estimate of drug-likeness (QED) is 0.447. The first-order valence-electron chi connectivity index (χ1n) is 12.9. The minimum absolute atomic E-state index is 0.132. The van der Waals surface area contributed by atoms with Crippen molar-refractivity contribution in [1.82, 2.24) is 10.7 Å². The fourth-order valence-electron chi connectivity index (χ4n) is 8.01. The molecule has 3 unspecified atom stereocenters. The number of benzene rings is 1. The summed E-state index contributed by atoms with van der Waals surface area (Å²) in [5.41, 5.74) is 5.81. The number of nitrogens with zero attached hydrogens (tertiary/aromatic N) is 1. The van der Waals surface area contributed by atoms with E-state index in [2.05, 4.69) is 40.9 Å². The lowest BCUT2D eigenvalue weighted by Crippen LogP contribution is -2.58. The first-order chi connectivity index (χ1) is 15.5. The molecular formula is C27H39N3OS. The van der Waals surface area contributed by atoms with Crippen molar-refractivity contribution >= 4 is 28.8 Å². The van der Waals surface area contributed by atoms with Crippen LogP contribution in [0.3, 0.4) is 0 Å². The van der Waals surface area contributed by atoms with E-state index in [1.165, 1.54) is 51.4 Å². The fourth-order valence-corrected chi connectivity index (χ4v) is 8.68. The summed E-state index contributed by atoms with van der Waals surface area (Å²) in [7, 11) is 1.96. The number of rotatable bonds is 6. The number of nitrogens with one attached hydrogen (secondary N) is 2. The highest BCUT2D eigenvalue weighted by Crippen LogP contribution is 2.63. The molecule has 0 aliphatic heterocycles. The van der Waals surface area contributed by atoms with Crippen molar-refractivity contribution in [3.05, 3.63) is 29.8 Å². The Hall–Kier alpha value is -1.46. The van der Waals surface area contributed by atoms with Crippen LogP contribution in [0.2, 0.25) is 0 Å². The van der Waals surface area contributed by atoms with Gasteiger partial charge in [0, 0.05) is 19.0 Å². The third-order valence-corrected chi connectivity index (χ3v) is 9.37. The maximum Gasteiger partial charge on any atom is 0.224 e. The molecule has 6 rings (SSSR count). The van der Waals surface area contributed by atoms with Crippen molar-refractivity contribution in [3.8, 4) is 0 Å². The largest absolute Gasteiger partial charge is 0.353 e. The zero-order chi connectivity index (χ0) is 22.3. The highest BCUT2D eigenvalue weighted by molar-refractivity contribution is 7.80. The number of hydrogen-bond acceptors (Lipinski definition) is 3. The van der Waals surface area contributed by atoms with E-state index in [0.29, 0.717) is 23.8 Å². The van der Waals surface area contributed by atoms with E-state index in [0.717, 1.165) is 46.8 Å². The molecule has 4 bridgehead atoms. The molecule has 1 aromatic rings. The second kappa shape index (κ2) is 9.06. The Morgan fingerprint density at radius 3 is 2.44 bits per heavy atom. The second-order valence-corrected chi connectivity index (χ2v) is 11.8. The van der Waals surface area contributed by atoms with E-state index in [-0.39, 0.29) is 5.91 Å². The Labute approximate surface area is 198 Å². The van der Waals surface area contributed by atoms with Crippen LogP contribution in [0.1, 0.15) is 76.7 Å². The number of carbonyl (C=O) groups is 1. The molecule has 32 heavy (non-hydrogen) atoms. The molecule has 3 atom stereocenters. The van der Waals surface area contributed by atoms with Crippen molar-refractivity contribution in [2.75, 3.05) is 12.1 Å². The van der Waals surface area contributed by atoms with Gasteiger partial charge in [0.25, 0.3) is 0 Å². The minimum atomic E-state index is 0.132.